The van der Waals surface area contributed by atoms with E-state index in [0.29, 0.717) is 0 Å². The Morgan fingerprint density at radius 2 is 1.67 bits per heavy atom. The van der Waals surface area contributed by atoms with Crippen LogP contribution in [0.1, 0.15) is 49.4 Å². The van der Waals surface area contributed by atoms with Crippen molar-refractivity contribution in [2.24, 2.45) is 0 Å². The fraction of sp³-hybridized carbons (Fsp3) is 0.611. The van der Waals surface area contributed by atoms with Crippen LogP contribution in [0.3, 0.4) is 0 Å². The number of anilines is 1. The third-order valence-electron chi connectivity index (χ3n) is 5.00. The number of rotatable bonds is 3. The van der Waals surface area contributed by atoms with Crippen molar-refractivity contribution in [3.8, 4) is 0 Å². The summed E-state index contributed by atoms with van der Waals surface area (Å²) < 4.78 is 0. The van der Waals surface area contributed by atoms with Crippen molar-refractivity contribution in [2.75, 3.05) is 31.1 Å². The number of benzene rings is 1. The second-order valence-corrected chi connectivity index (χ2v) is 6.39. The molecule has 0 aliphatic carbocycles. The molecule has 2 heterocycles. The van der Waals surface area contributed by atoms with Gasteiger partial charge in [0.25, 0.3) is 0 Å². The number of nitrogens with zero attached hydrogens (tertiary/aromatic N) is 2. The molecule has 1 aromatic carbocycles. The van der Waals surface area contributed by atoms with Crippen LogP contribution in [0.5, 0.6) is 0 Å². The van der Waals surface area contributed by atoms with Gasteiger partial charge in [0.1, 0.15) is 0 Å². The van der Waals surface area contributed by atoms with Crippen molar-refractivity contribution >= 4 is 11.5 Å². The number of para-hydroxylation sites is 1. The Morgan fingerprint density at radius 1 is 1.00 bits per heavy atom. The fourth-order valence-electron chi connectivity index (χ4n) is 3.80. The quantitative estimate of drug-likeness (QED) is 0.796. The fourth-order valence-corrected chi connectivity index (χ4v) is 3.80. The van der Waals surface area contributed by atoms with E-state index in [1.165, 1.54) is 45.2 Å². The standard InChI is InChI=1S/C18H26N2O/c1-15(21)17-7-3-4-8-18(17)20-13-9-16(10-14-20)19-11-5-2-6-12-19/h3-4,7-8,16H,2,5-6,9-14H2,1H3. The zero-order valence-electron chi connectivity index (χ0n) is 13.1. The lowest BCUT2D eigenvalue weighted by Crippen LogP contribution is -2.47. The first-order chi connectivity index (χ1) is 10.3. The predicted octanol–water partition coefficient (Wildman–Crippen LogP) is 3.34. The Labute approximate surface area is 127 Å². The minimum Gasteiger partial charge on any atom is -0.371 e. The summed E-state index contributed by atoms with van der Waals surface area (Å²) in [6.45, 7) is 6.39. The molecule has 0 N–H and O–H groups in total. The molecular formula is C18H26N2O. The molecule has 114 valence electrons. The highest BCUT2D eigenvalue weighted by atomic mass is 16.1. The van der Waals surface area contributed by atoms with Crippen LogP contribution in [0, 0.1) is 0 Å². The van der Waals surface area contributed by atoms with E-state index in [1.807, 2.05) is 18.2 Å². The van der Waals surface area contributed by atoms with Crippen LogP contribution in [0.2, 0.25) is 0 Å². The van der Waals surface area contributed by atoms with E-state index in [2.05, 4.69) is 15.9 Å². The van der Waals surface area contributed by atoms with Gasteiger partial charge in [0.2, 0.25) is 0 Å². The first-order valence-corrected chi connectivity index (χ1v) is 8.34. The van der Waals surface area contributed by atoms with Gasteiger partial charge in [0.15, 0.2) is 5.78 Å². The van der Waals surface area contributed by atoms with Gasteiger partial charge in [-0.2, -0.15) is 0 Å². The minimum atomic E-state index is 0.170. The molecule has 0 amide bonds. The van der Waals surface area contributed by atoms with Crippen LogP contribution in [-0.4, -0.2) is 42.9 Å². The highest BCUT2D eigenvalue weighted by molar-refractivity contribution is 5.99. The molecule has 3 nitrogen and oxygen atoms in total. The Hall–Kier alpha value is -1.35. The largest absolute Gasteiger partial charge is 0.371 e. The van der Waals surface area contributed by atoms with E-state index in [-0.39, 0.29) is 5.78 Å². The summed E-state index contributed by atoms with van der Waals surface area (Å²) in [5.74, 6) is 0.170. The van der Waals surface area contributed by atoms with Crippen molar-refractivity contribution < 1.29 is 4.79 Å². The van der Waals surface area contributed by atoms with Gasteiger partial charge < -0.3 is 9.80 Å². The maximum Gasteiger partial charge on any atom is 0.161 e. The third kappa shape index (κ3) is 3.29. The molecule has 0 radical (unpaired) electrons. The molecule has 21 heavy (non-hydrogen) atoms. The van der Waals surface area contributed by atoms with Crippen molar-refractivity contribution in [3.05, 3.63) is 29.8 Å². The number of hydrogen-bond donors (Lipinski definition) is 0. The molecule has 0 bridgehead atoms. The van der Waals surface area contributed by atoms with E-state index >= 15 is 0 Å². The van der Waals surface area contributed by atoms with Crippen molar-refractivity contribution in [1.29, 1.82) is 0 Å². The van der Waals surface area contributed by atoms with Gasteiger partial charge in [0, 0.05) is 30.4 Å². The van der Waals surface area contributed by atoms with E-state index < -0.39 is 0 Å². The smallest absolute Gasteiger partial charge is 0.161 e. The number of likely N-dealkylation sites (tertiary alicyclic amines) is 1. The normalized spacial score (nSPS) is 21.5. The zero-order chi connectivity index (χ0) is 14.7. The van der Waals surface area contributed by atoms with E-state index in [0.717, 1.165) is 30.4 Å². The van der Waals surface area contributed by atoms with E-state index in [1.54, 1.807) is 6.92 Å². The van der Waals surface area contributed by atoms with Crippen molar-refractivity contribution in [1.82, 2.24) is 4.90 Å². The lowest BCUT2D eigenvalue weighted by Gasteiger charge is -2.41. The molecule has 2 aliphatic rings. The minimum absolute atomic E-state index is 0.170. The second kappa shape index (κ2) is 6.61. The summed E-state index contributed by atoms with van der Waals surface area (Å²) >= 11 is 0. The average Bonchev–Trinajstić information content (AvgIpc) is 2.56. The van der Waals surface area contributed by atoms with Gasteiger partial charge in [-0.25, -0.2) is 0 Å². The van der Waals surface area contributed by atoms with Gasteiger partial charge in [-0.3, -0.25) is 4.79 Å². The monoisotopic (exact) mass is 286 g/mol. The van der Waals surface area contributed by atoms with Crippen molar-refractivity contribution in [2.45, 2.75) is 45.1 Å². The molecule has 3 rings (SSSR count). The summed E-state index contributed by atoms with van der Waals surface area (Å²) in [5.41, 5.74) is 2.00. The summed E-state index contributed by atoms with van der Waals surface area (Å²) in [7, 11) is 0. The third-order valence-corrected chi connectivity index (χ3v) is 5.00. The Bertz CT molecular complexity index is 486. The number of ketones is 1. The second-order valence-electron chi connectivity index (χ2n) is 6.39. The number of piperidine rings is 2. The van der Waals surface area contributed by atoms with Crippen LogP contribution in [0.25, 0.3) is 0 Å². The maximum atomic E-state index is 11.8. The number of carbonyl (C=O) groups excluding carboxylic acids is 1. The van der Waals surface area contributed by atoms with E-state index in [9.17, 15) is 4.79 Å². The Morgan fingerprint density at radius 3 is 2.33 bits per heavy atom. The summed E-state index contributed by atoms with van der Waals surface area (Å²) in [6, 6.07) is 8.80. The first-order valence-electron chi connectivity index (χ1n) is 8.34. The molecule has 2 aliphatic heterocycles. The van der Waals surface area contributed by atoms with Crippen LogP contribution in [0.15, 0.2) is 24.3 Å². The van der Waals surface area contributed by atoms with Gasteiger partial charge >= 0.3 is 0 Å². The van der Waals surface area contributed by atoms with Crippen LogP contribution < -0.4 is 4.90 Å². The number of hydrogen-bond acceptors (Lipinski definition) is 3. The first kappa shape index (κ1) is 14.6. The molecule has 0 unspecified atom stereocenters. The highest BCUT2D eigenvalue weighted by Crippen LogP contribution is 2.27. The topological polar surface area (TPSA) is 23.6 Å². The summed E-state index contributed by atoms with van der Waals surface area (Å²) in [4.78, 5) is 16.9. The zero-order valence-corrected chi connectivity index (χ0v) is 13.1. The molecule has 1 aromatic rings. The average molecular weight is 286 g/mol. The maximum absolute atomic E-state index is 11.8. The van der Waals surface area contributed by atoms with Gasteiger partial charge in [-0.05, 0) is 57.8 Å². The van der Waals surface area contributed by atoms with Gasteiger partial charge in [0.05, 0.1) is 0 Å². The molecule has 3 heteroatoms. The Balaban J connectivity index is 1.64. The van der Waals surface area contributed by atoms with Gasteiger partial charge in [-0.15, -0.1) is 0 Å². The molecule has 2 fully saturated rings. The molecule has 0 spiro atoms. The predicted molar refractivity (Wildman–Crippen MR) is 87.1 cm³/mol. The highest BCUT2D eigenvalue weighted by Gasteiger charge is 2.26. The molecular weight excluding hydrogens is 260 g/mol. The molecule has 0 saturated carbocycles. The molecule has 2 saturated heterocycles. The van der Waals surface area contributed by atoms with Crippen LogP contribution >= 0.6 is 0 Å². The number of Topliss-reactive ketones (excluding diaryl/α,β-unsaturated/α-hetero) is 1. The Kier molecular flexibility index (Phi) is 4.59. The van der Waals surface area contributed by atoms with Gasteiger partial charge in [-0.1, -0.05) is 18.6 Å². The van der Waals surface area contributed by atoms with E-state index in [4.69, 9.17) is 0 Å². The lowest BCUT2D eigenvalue weighted by atomic mass is 9.98. The van der Waals surface area contributed by atoms with Crippen LogP contribution in [0.4, 0.5) is 5.69 Å². The summed E-state index contributed by atoms with van der Waals surface area (Å²) in [5, 5.41) is 0. The molecule has 0 atom stereocenters. The van der Waals surface area contributed by atoms with Crippen LogP contribution in [-0.2, 0) is 0 Å². The summed E-state index contributed by atoms with van der Waals surface area (Å²) in [6.07, 6.45) is 6.60. The SMILES string of the molecule is CC(=O)c1ccccc1N1CCC(N2CCCCC2)CC1. The number of carbonyl (C=O) groups is 1. The lowest BCUT2D eigenvalue weighted by molar-refractivity contribution is 0.101. The van der Waals surface area contributed by atoms with Crippen molar-refractivity contribution in [3.63, 3.8) is 0 Å². The molecule has 0 aromatic heterocycles.